The molecule has 154 valence electrons. The molecule has 0 spiro atoms. The maximum Gasteiger partial charge on any atom is 0.251 e. The van der Waals surface area contributed by atoms with Crippen LogP contribution in [0.25, 0.3) is 0 Å². The van der Waals surface area contributed by atoms with E-state index >= 15 is 0 Å². The number of amidine groups is 1. The van der Waals surface area contributed by atoms with Crippen LogP contribution in [0.5, 0.6) is 0 Å². The fourth-order valence-corrected chi connectivity index (χ4v) is 4.38. The van der Waals surface area contributed by atoms with Crippen LogP contribution in [0.2, 0.25) is 0 Å². The minimum Gasteiger partial charge on any atom is -0.352 e. The molecule has 1 aromatic carbocycles. The second-order valence-corrected chi connectivity index (χ2v) is 8.63. The van der Waals surface area contributed by atoms with Crippen molar-refractivity contribution < 1.29 is 9.69 Å². The second-order valence-electron chi connectivity index (χ2n) is 7.51. The van der Waals surface area contributed by atoms with Gasteiger partial charge in [-0.3, -0.25) is 19.5 Å². The molecule has 2 aliphatic heterocycles. The van der Waals surface area contributed by atoms with Crippen LogP contribution in [0.4, 0.5) is 5.82 Å². The van der Waals surface area contributed by atoms with Gasteiger partial charge >= 0.3 is 0 Å². The largest absolute Gasteiger partial charge is 0.352 e. The van der Waals surface area contributed by atoms with Crippen LogP contribution in [0.3, 0.4) is 0 Å². The van der Waals surface area contributed by atoms with Gasteiger partial charge in [-0.25, -0.2) is 9.89 Å². The number of aromatic amines is 1. The van der Waals surface area contributed by atoms with Gasteiger partial charge in [-0.1, -0.05) is 0 Å². The number of nitrogens with zero attached hydrogens (tertiary/aromatic N) is 3. The topological polar surface area (TPSA) is 89.9 Å². The number of benzene rings is 1. The number of H-pyrrole nitrogens is 1. The van der Waals surface area contributed by atoms with Crippen molar-refractivity contribution in [3.05, 3.63) is 66.0 Å². The van der Waals surface area contributed by atoms with E-state index in [9.17, 15) is 4.79 Å². The number of rotatable bonds is 7. The molecule has 2 aromatic rings. The third-order valence-electron chi connectivity index (χ3n) is 5.21. The summed E-state index contributed by atoms with van der Waals surface area (Å²) in [6.07, 6.45) is 8.45. The van der Waals surface area contributed by atoms with Crippen LogP contribution in [0.1, 0.15) is 41.7 Å². The maximum atomic E-state index is 12.0. The van der Waals surface area contributed by atoms with Crippen molar-refractivity contribution in [3.8, 4) is 0 Å². The Bertz CT molecular complexity index is 1040. The van der Waals surface area contributed by atoms with Gasteiger partial charge in [0.25, 0.3) is 5.91 Å². The van der Waals surface area contributed by atoms with Crippen LogP contribution in [-0.2, 0) is 0 Å². The summed E-state index contributed by atoms with van der Waals surface area (Å²) >= 11 is 1.62. The van der Waals surface area contributed by atoms with Crippen molar-refractivity contribution in [2.75, 3.05) is 18.4 Å². The molecule has 1 amide bonds. The molecular formula is C21H24N7OS+. The zero-order valence-corrected chi connectivity index (χ0v) is 17.5. The third kappa shape index (κ3) is 3.99. The summed E-state index contributed by atoms with van der Waals surface area (Å²) in [5.41, 5.74) is 1.87. The Morgan fingerprint density at radius 2 is 2.17 bits per heavy atom. The predicted octanol–water partition coefficient (Wildman–Crippen LogP) is 2.04. The average Bonchev–Trinajstić information content (AvgIpc) is 3.30. The molecule has 1 saturated carbocycles. The number of carbonyl (C=O) groups is 1. The Balaban J connectivity index is 1.31. The van der Waals surface area contributed by atoms with Crippen molar-refractivity contribution in [2.45, 2.75) is 30.6 Å². The van der Waals surface area contributed by atoms with Gasteiger partial charge in [0, 0.05) is 34.7 Å². The molecule has 0 bridgehead atoms. The average molecular weight is 423 g/mol. The molecule has 0 saturated heterocycles. The first-order valence-corrected chi connectivity index (χ1v) is 10.9. The van der Waals surface area contributed by atoms with Crippen molar-refractivity contribution in [1.29, 1.82) is 0 Å². The van der Waals surface area contributed by atoms with Crippen molar-refractivity contribution in [3.63, 3.8) is 0 Å². The number of nitrogens with one attached hydrogen (secondary N) is 4. The predicted molar refractivity (Wildman–Crippen MR) is 117 cm³/mol. The van der Waals surface area contributed by atoms with E-state index in [0.29, 0.717) is 24.6 Å². The van der Waals surface area contributed by atoms with Crippen LogP contribution in [-0.4, -0.2) is 39.3 Å². The van der Waals surface area contributed by atoms with E-state index in [2.05, 4.69) is 42.4 Å². The van der Waals surface area contributed by atoms with Gasteiger partial charge in [-0.2, -0.15) is 5.10 Å². The summed E-state index contributed by atoms with van der Waals surface area (Å²) in [6.45, 7) is 3.25. The SMILES string of the molecule is CCNC(=O)c1ccc(SN2C=C(Nc3cc(C4CC4)[nH]n3)[NH+]3C=CN=C3C2)cc1. The smallest absolute Gasteiger partial charge is 0.251 e. The molecule has 1 fully saturated rings. The van der Waals surface area contributed by atoms with E-state index in [4.69, 9.17) is 0 Å². The highest BCUT2D eigenvalue weighted by Crippen LogP contribution is 2.39. The Morgan fingerprint density at radius 1 is 1.33 bits per heavy atom. The minimum atomic E-state index is -0.0476. The number of fused-ring (bicyclic) bond motifs is 1. The molecule has 0 radical (unpaired) electrons. The van der Waals surface area contributed by atoms with Crippen molar-refractivity contribution in [2.24, 2.45) is 4.99 Å². The van der Waals surface area contributed by atoms with Gasteiger partial charge in [0.1, 0.15) is 12.7 Å². The fraction of sp³-hybridized carbons (Fsp3) is 0.286. The minimum absolute atomic E-state index is 0.0476. The lowest BCUT2D eigenvalue weighted by Gasteiger charge is -2.27. The van der Waals surface area contributed by atoms with Crippen LogP contribution >= 0.6 is 11.9 Å². The summed E-state index contributed by atoms with van der Waals surface area (Å²) in [5.74, 6) is 3.43. The molecule has 1 aromatic heterocycles. The number of carbonyl (C=O) groups excluding carboxylic acids is 1. The van der Waals surface area contributed by atoms with Gasteiger partial charge in [-0.15, -0.1) is 0 Å². The molecule has 1 unspecified atom stereocenters. The lowest BCUT2D eigenvalue weighted by atomic mass is 10.2. The highest BCUT2D eigenvalue weighted by Gasteiger charge is 2.32. The molecular weight excluding hydrogens is 398 g/mol. The quantitative estimate of drug-likeness (QED) is 0.513. The highest BCUT2D eigenvalue weighted by atomic mass is 32.2. The lowest BCUT2D eigenvalue weighted by molar-refractivity contribution is -0.699. The Hall–Kier alpha value is -3.04. The Labute approximate surface area is 179 Å². The fourth-order valence-electron chi connectivity index (χ4n) is 3.51. The number of hydrogen-bond donors (Lipinski definition) is 4. The van der Waals surface area contributed by atoms with Gasteiger partial charge in [0.15, 0.2) is 5.82 Å². The van der Waals surface area contributed by atoms with E-state index in [-0.39, 0.29) is 5.91 Å². The summed E-state index contributed by atoms with van der Waals surface area (Å²) in [5, 5.41) is 13.8. The molecule has 3 heterocycles. The molecule has 4 N–H and O–H groups in total. The first-order valence-electron chi connectivity index (χ1n) is 10.2. The van der Waals surface area contributed by atoms with E-state index in [1.54, 1.807) is 11.9 Å². The van der Waals surface area contributed by atoms with E-state index in [0.717, 1.165) is 27.3 Å². The van der Waals surface area contributed by atoms with Gasteiger partial charge < -0.3 is 5.32 Å². The Morgan fingerprint density at radius 3 is 2.93 bits per heavy atom. The summed E-state index contributed by atoms with van der Waals surface area (Å²) in [6, 6.07) is 9.76. The van der Waals surface area contributed by atoms with E-state index in [1.807, 2.05) is 43.6 Å². The highest BCUT2D eigenvalue weighted by molar-refractivity contribution is 7.97. The van der Waals surface area contributed by atoms with Crippen molar-refractivity contribution >= 4 is 29.5 Å². The molecule has 8 nitrogen and oxygen atoms in total. The number of hydrogen-bond acceptors (Lipinski definition) is 6. The molecule has 3 aliphatic rings. The monoisotopic (exact) mass is 422 g/mol. The number of aromatic nitrogens is 2. The van der Waals surface area contributed by atoms with Crippen LogP contribution in [0.15, 0.2) is 64.6 Å². The summed E-state index contributed by atoms with van der Waals surface area (Å²) in [7, 11) is 0. The number of quaternary nitrogens is 1. The lowest BCUT2D eigenvalue weighted by Crippen LogP contribution is -3.10. The van der Waals surface area contributed by atoms with Gasteiger partial charge in [0.2, 0.25) is 11.7 Å². The maximum absolute atomic E-state index is 12.0. The summed E-state index contributed by atoms with van der Waals surface area (Å²) < 4.78 is 2.15. The molecule has 9 heteroatoms. The van der Waals surface area contributed by atoms with E-state index in [1.165, 1.54) is 18.5 Å². The third-order valence-corrected chi connectivity index (χ3v) is 6.16. The van der Waals surface area contributed by atoms with Gasteiger partial charge in [0.05, 0.1) is 12.4 Å². The second kappa shape index (κ2) is 8.00. The van der Waals surface area contributed by atoms with E-state index < -0.39 is 0 Å². The van der Waals surface area contributed by atoms with Crippen LogP contribution in [0, 0.1) is 0 Å². The number of aliphatic imine (C=N–C) groups is 1. The first kappa shape index (κ1) is 19.0. The zero-order valence-electron chi connectivity index (χ0n) is 16.7. The normalized spacial score (nSPS) is 19.9. The Kier molecular flexibility index (Phi) is 5.06. The molecule has 1 atom stereocenters. The molecule has 5 rings (SSSR count). The number of amides is 1. The standard InChI is InChI=1S/C21H23N7OS/c1-2-22-21(29)15-5-7-16(8-6-15)30-27-12-19-23-9-10-28(19)20(13-27)24-18-11-17(25-26-18)14-3-4-14/h5-11,13-14H,2-4,12H2,1H3,(H,22,29)(H2,24,25,26)/p+1. The van der Waals surface area contributed by atoms with Gasteiger partial charge in [-0.05, 0) is 56.0 Å². The molecule has 1 aliphatic carbocycles. The first-order chi connectivity index (χ1) is 14.7. The zero-order chi connectivity index (χ0) is 20.5. The van der Waals surface area contributed by atoms with Crippen LogP contribution < -0.4 is 15.5 Å². The van der Waals surface area contributed by atoms with Crippen molar-refractivity contribution in [1.82, 2.24) is 19.8 Å². The molecule has 30 heavy (non-hydrogen) atoms. The summed E-state index contributed by atoms with van der Waals surface area (Å²) in [4.78, 5) is 18.6. The number of anilines is 1.